The number of nitrogen functional groups attached to an aromatic ring is 1. The molecule has 3 N–H and O–H groups in total. The first-order valence-electron chi connectivity index (χ1n) is 5.37. The molecule has 5 nitrogen and oxygen atoms in total. The van der Waals surface area contributed by atoms with Crippen LogP contribution in [0.3, 0.4) is 0 Å². The lowest BCUT2D eigenvalue weighted by atomic mass is 10.1. The summed E-state index contributed by atoms with van der Waals surface area (Å²) in [7, 11) is 0. The molecule has 1 aromatic heterocycles. The standard InChI is InChI=1S/C9H17N5S/c10-14-7-12-13-9(14)15-6-2-4-8-3-1-5-11-8/h7-8,11H,1-6,10H2. The van der Waals surface area contributed by atoms with Crippen LogP contribution in [0.5, 0.6) is 0 Å². The number of hydrogen-bond acceptors (Lipinski definition) is 5. The minimum absolute atomic E-state index is 0.737. The Morgan fingerprint density at radius 1 is 1.67 bits per heavy atom. The van der Waals surface area contributed by atoms with Gasteiger partial charge in [0, 0.05) is 11.8 Å². The maximum absolute atomic E-state index is 5.60. The summed E-state index contributed by atoms with van der Waals surface area (Å²) in [5, 5.41) is 11.9. The van der Waals surface area contributed by atoms with Crippen molar-refractivity contribution in [3.63, 3.8) is 0 Å². The zero-order valence-electron chi connectivity index (χ0n) is 8.72. The van der Waals surface area contributed by atoms with Gasteiger partial charge >= 0.3 is 0 Å². The van der Waals surface area contributed by atoms with Crippen LogP contribution in [0.2, 0.25) is 0 Å². The number of hydrogen-bond donors (Lipinski definition) is 2. The molecule has 0 aliphatic carbocycles. The van der Waals surface area contributed by atoms with Gasteiger partial charge in [-0.25, -0.2) is 4.68 Å². The van der Waals surface area contributed by atoms with Gasteiger partial charge in [-0.1, -0.05) is 11.8 Å². The first-order valence-corrected chi connectivity index (χ1v) is 6.36. The first kappa shape index (κ1) is 10.8. The van der Waals surface area contributed by atoms with Crippen molar-refractivity contribution in [1.82, 2.24) is 20.2 Å². The van der Waals surface area contributed by atoms with E-state index >= 15 is 0 Å². The van der Waals surface area contributed by atoms with Crippen molar-refractivity contribution >= 4 is 11.8 Å². The molecular weight excluding hydrogens is 210 g/mol. The van der Waals surface area contributed by atoms with Crippen molar-refractivity contribution in [2.75, 3.05) is 18.1 Å². The fourth-order valence-corrected chi connectivity index (χ4v) is 2.63. The second-order valence-corrected chi connectivity index (χ2v) is 4.87. The van der Waals surface area contributed by atoms with Crippen LogP contribution in [0.25, 0.3) is 0 Å². The van der Waals surface area contributed by atoms with Crippen molar-refractivity contribution in [2.24, 2.45) is 0 Å². The highest BCUT2D eigenvalue weighted by Crippen LogP contribution is 2.17. The van der Waals surface area contributed by atoms with Gasteiger partial charge in [0.1, 0.15) is 6.33 Å². The van der Waals surface area contributed by atoms with E-state index in [1.54, 1.807) is 11.8 Å². The second kappa shape index (κ2) is 5.37. The summed E-state index contributed by atoms with van der Waals surface area (Å²) in [6.07, 6.45) is 6.65. The van der Waals surface area contributed by atoms with Gasteiger partial charge in [-0.3, -0.25) is 0 Å². The maximum atomic E-state index is 5.60. The van der Waals surface area contributed by atoms with Gasteiger partial charge in [0.05, 0.1) is 0 Å². The van der Waals surface area contributed by atoms with E-state index < -0.39 is 0 Å². The van der Waals surface area contributed by atoms with Crippen LogP contribution < -0.4 is 11.2 Å². The third-order valence-corrected chi connectivity index (χ3v) is 3.67. The van der Waals surface area contributed by atoms with Crippen LogP contribution in [0, 0.1) is 0 Å². The lowest BCUT2D eigenvalue weighted by molar-refractivity contribution is 0.553. The van der Waals surface area contributed by atoms with E-state index in [9.17, 15) is 0 Å². The number of nitrogens with one attached hydrogen (secondary N) is 1. The van der Waals surface area contributed by atoms with Crippen molar-refractivity contribution < 1.29 is 0 Å². The van der Waals surface area contributed by atoms with Crippen molar-refractivity contribution in [2.45, 2.75) is 36.9 Å². The molecule has 1 saturated heterocycles. The summed E-state index contributed by atoms with van der Waals surface area (Å²) in [6.45, 7) is 1.19. The molecule has 2 heterocycles. The van der Waals surface area contributed by atoms with Crippen LogP contribution >= 0.6 is 11.8 Å². The Balaban J connectivity index is 1.60. The largest absolute Gasteiger partial charge is 0.336 e. The van der Waals surface area contributed by atoms with E-state index in [2.05, 4.69) is 15.5 Å². The normalized spacial score (nSPS) is 20.9. The predicted octanol–water partition coefficient (Wildman–Crippen LogP) is 0.616. The van der Waals surface area contributed by atoms with E-state index in [0.29, 0.717) is 0 Å². The fraction of sp³-hybridized carbons (Fsp3) is 0.778. The molecule has 0 saturated carbocycles. The van der Waals surface area contributed by atoms with Gasteiger partial charge in [0.15, 0.2) is 0 Å². The zero-order chi connectivity index (χ0) is 10.5. The predicted molar refractivity (Wildman–Crippen MR) is 61.2 cm³/mol. The highest BCUT2D eigenvalue weighted by atomic mass is 32.2. The molecule has 15 heavy (non-hydrogen) atoms. The molecular formula is C9H17N5S. The molecule has 1 atom stereocenters. The molecule has 84 valence electrons. The van der Waals surface area contributed by atoms with Gasteiger partial charge in [0.25, 0.3) is 0 Å². The molecule has 0 amide bonds. The number of thioether (sulfide) groups is 1. The van der Waals surface area contributed by atoms with Gasteiger partial charge in [-0.2, -0.15) is 0 Å². The Hall–Kier alpha value is -0.750. The van der Waals surface area contributed by atoms with Crippen LogP contribution in [-0.2, 0) is 0 Å². The quantitative estimate of drug-likeness (QED) is 0.438. The molecule has 1 aromatic rings. The van der Waals surface area contributed by atoms with E-state index in [-0.39, 0.29) is 0 Å². The van der Waals surface area contributed by atoms with Gasteiger partial charge in [-0.05, 0) is 32.2 Å². The maximum Gasteiger partial charge on any atom is 0.209 e. The molecule has 0 bridgehead atoms. The van der Waals surface area contributed by atoms with Crippen LogP contribution in [-0.4, -0.2) is 33.2 Å². The smallest absolute Gasteiger partial charge is 0.209 e. The van der Waals surface area contributed by atoms with Crippen LogP contribution in [0.1, 0.15) is 25.7 Å². The summed E-state index contributed by atoms with van der Waals surface area (Å²) < 4.78 is 1.47. The van der Waals surface area contributed by atoms with Crippen molar-refractivity contribution in [3.8, 4) is 0 Å². The highest BCUT2D eigenvalue weighted by molar-refractivity contribution is 7.99. The molecule has 2 rings (SSSR count). The summed E-state index contributed by atoms with van der Waals surface area (Å²) in [5.74, 6) is 6.67. The van der Waals surface area contributed by atoms with Crippen LogP contribution in [0.15, 0.2) is 11.5 Å². The molecule has 0 spiro atoms. The molecule has 0 aromatic carbocycles. The van der Waals surface area contributed by atoms with E-state index in [1.165, 1.54) is 43.2 Å². The third-order valence-electron chi connectivity index (χ3n) is 2.63. The average molecular weight is 227 g/mol. The Bertz CT molecular complexity index is 294. The van der Waals surface area contributed by atoms with E-state index in [4.69, 9.17) is 5.84 Å². The number of nitrogens with two attached hydrogens (primary N) is 1. The van der Waals surface area contributed by atoms with E-state index in [0.717, 1.165) is 17.0 Å². The van der Waals surface area contributed by atoms with Crippen molar-refractivity contribution in [1.29, 1.82) is 0 Å². The zero-order valence-corrected chi connectivity index (χ0v) is 9.54. The Labute approximate surface area is 93.8 Å². The second-order valence-electron chi connectivity index (χ2n) is 3.80. The lowest BCUT2D eigenvalue weighted by Gasteiger charge is -2.08. The molecule has 1 fully saturated rings. The van der Waals surface area contributed by atoms with Gasteiger partial charge < -0.3 is 11.2 Å². The molecule has 1 unspecified atom stereocenters. The minimum atomic E-state index is 0.737. The molecule has 1 aliphatic rings. The highest BCUT2D eigenvalue weighted by Gasteiger charge is 2.13. The van der Waals surface area contributed by atoms with Gasteiger partial charge in [-0.15, -0.1) is 10.2 Å². The number of rotatable bonds is 5. The fourth-order valence-electron chi connectivity index (χ4n) is 1.83. The van der Waals surface area contributed by atoms with Crippen molar-refractivity contribution in [3.05, 3.63) is 6.33 Å². The summed E-state index contributed by atoms with van der Waals surface area (Å²) in [6, 6.07) is 0.737. The number of aromatic nitrogens is 3. The van der Waals surface area contributed by atoms with Crippen LogP contribution in [0.4, 0.5) is 0 Å². The van der Waals surface area contributed by atoms with Gasteiger partial charge in [0.2, 0.25) is 5.16 Å². The topological polar surface area (TPSA) is 68.8 Å². The Morgan fingerprint density at radius 3 is 3.27 bits per heavy atom. The summed E-state index contributed by atoms with van der Waals surface area (Å²) in [4.78, 5) is 0. The average Bonchev–Trinajstić information content (AvgIpc) is 2.85. The number of nitrogens with zero attached hydrogens (tertiary/aromatic N) is 3. The SMILES string of the molecule is Nn1cnnc1SCCCC1CCCN1. The third kappa shape index (κ3) is 3.10. The molecule has 6 heteroatoms. The monoisotopic (exact) mass is 227 g/mol. The first-order chi connectivity index (χ1) is 7.36. The Morgan fingerprint density at radius 2 is 2.60 bits per heavy atom. The minimum Gasteiger partial charge on any atom is -0.336 e. The molecule has 0 radical (unpaired) electrons. The summed E-state index contributed by atoms with van der Waals surface area (Å²) in [5.41, 5.74) is 0. The molecule has 1 aliphatic heterocycles. The summed E-state index contributed by atoms with van der Waals surface area (Å²) >= 11 is 1.67. The Kier molecular flexibility index (Phi) is 3.85. The lowest BCUT2D eigenvalue weighted by Crippen LogP contribution is -2.21. The van der Waals surface area contributed by atoms with E-state index in [1.807, 2.05) is 0 Å².